The van der Waals surface area contributed by atoms with Gasteiger partial charge >= 0.3 is 0 Å². The number of carbonyl (C=O) groups is 1. The van der Waals surface area contributed by atoms with E-state index in [1.807, 2.05) is 13.0 Å². The van der Waals surface area contributed by atoms with Crippen molar-refractivity contribution < 1.29 is 13.9 Å². The van der Waals surface area contributed by atoms with E-state index in [4.69, 9.17) is 10.00 Å². The molecule has 2 aliphatic carbocycles. The number of halogens is 1. The Labute approximate surface area is 178 Å². The Hall–Kier alpha value is -3.60. The second-order valence-corrected chi connectivity index (χ2v) is 8.28. The fourth-order valence-electron chi connectivity index (χ4n) is 4.93. The van der Waals surface area contributed by atoms with Gasteiger partial charge in [-0.1, -0.05) is 6.92 Å². The van der Waals surface area contributed by atoms with Crippen LogP contribution in [0.15, 0.2) is 42.6 Å². The van der Waals surface area contributed by atoms with Crippen molar-refractivity contribution in [1.29, 1.82) is 5.26 Å². The summed E-state index contributed by atoms with van der Waals surface area (Å²) in [6.45, 7) is 1.93. The lowest BCUT2D eigenvalue weighted by Gasteiger charge is -2.20. The molecule has 2 unspecified atom stereocenters. The van der Waals surface area contributed by atoms with E-state index >= 15 is 0 Å². The van der Waals surface area contributed by atoms with Crippen molar-refractivity contribution >= 4 is 22.6 Å². The molecule has 8 heteroatoms. The molecule has 5 atom stereocenters. The highest BCUT2D eigenvalue weighted by Crippen LogP contribution is 2.61. The minimum absolute atomic E-state index is 0.0553. The third-order valence-electron chi connectivity index (χ3n) is 6.45. The van der Waals surface area contributed by atoms with Gasteiger partial charge in [-0.25, -0.2) is 4.39 Å². The number of carbonyl (C=O) groups excluding carboxylic acids is 1. The predicted octanol–water partition coefficient (Wildman–Crippen LogP) is 3.71. The molecule has 2 aliphatic rings. The number of rotatable bonds is 5. The highest BCUT2D eigenvalue weighted by Gasteiger charge is 2.59. The number of aromatic nitrogens is 3. The molecule has 0 spiro atoms. The number of nitrogens with one attached hydrogen (secondary N) is 1. The van der Waals surface area contributed by atoms with E-state index in [-0.39, 0.29) is 29.4 Å². The summed E-state index contributed by atoms with van der Waals surface area (Å²) in [7, 11) is 0. The van der Waals surface area contributed by atoms with Gasteiger partial charge < -0.3 is 10.1 Å². The smallest absolute Gasteiger partial charge is 0.228 e. The van der Waals surface area contributed by atoms with Gasteiger partial charge in [-0.3, -0.25) is 9.78 Å². The monoisotopic (exact) mass is 417 g/mol. The van der Waals surface area contributed by atoms with Crippen LogP contribution in [0, 0.1) is 40.8 Å². The van der Waals surface area contributed by atoms with Crippen molar-refractivity contribution in [3.63, 3.8) is 0 Å². The molecule has 3 aromatic rings. The SMILES string of the molecule is CC(C(=O)Nc1ccc(C#N)nn1)[C@H]1[C@@H]2CC(Oc3ccnc4ccc(F)cc34)C[C@@H]21. The summed E-state index contributed by atoms with van der Waals surface area (Å²) in [6.07, 6.45) is 3.48. The summed E-state index contributed by atoms with van der Waals surface area (Å²) in [4.78, 5) is 16.9. The Morgan fingerprint density at radius 1 is 1.23 bits per heavy atom. The van der Waals surface area contributed by atoms with Gasteiger partial charge in [0.05, 0.1) is 11.6 Å². The van der Waals surface area contributed by atoms with Crippen LogP contribution in [0.1, 0.15) is 25.5 Å². The molecule has 156 valence electrons. The number of nitrogens with zero attached hydrogens (tertiary/aromatic N) is 4. The maximum atomic E-state index is 13.7. The van der Waals surface area contributed by atoms with E-state index in [9.17, 15) is 9.18 Å². The number of hydrogen-bond donors (Lipinski definition) is 1. The highest BCUT2D eigenvalue weighted by molar-refractivity contribution is 5.92. The molecule has 5 rings (SSSR count). The normalized spacial score (nSPS) is 24.8. The van der Waals surface area contributed by atoms with Crippen molar-refractivity contribution in [2.75, 3.05) is 5.32 Å². The summed E-state index contributed by atoms with van der Waals surface area (Å²) in [5.74, 6) is 1.66. The standard InChI is InChI=1S/C23H20FN5O2/c1-12(23(30)27-21-5-3-14(11-25)28-29-21)22-16-9-15(10-17(16)22)31-20-6-7-26-19-4-2-13(24)8-18(19)20/h2-8,12,15-17,22H,9-10H2,1H3,(H,27,29,30)/t12?,15?,16-,17+,22+. The van der Waals surface area contributed by atoms with Crippen molar-refractivity contribution in [2.24, 2.45) is 23.7 Å². The molecule has 2 aromatic heterocycles. The molecule has 1 N–H and O–H groups in total. The molecule has 7 nitrogen and oxygen atoms in total. The summed E-state index contributed by atoms with van der Waals surface area (Å²) in [5, 5.41) is 19.8. The van der Waals surface area contributed by atoms with E-state index in [0.717, 1.165) is 12.8 Å². The fraction of sp³-hybridized carbons (Fsp3) is 0.348. The van der Waals surface area contributed by atoms with E-state index in [1.165, 1.54) is 18.2 Å². The molecule has 31 heavy (non-hydrogen) atoms. The van der Waals surface area contributed by atoms with Crippen LogP contribution in [0.2, 0.25) is 0 Å². The van der Waals surface area contributed by atoms with Gasteiger partial charge in [0.15, 0.2) is 11.5 Å². The highest BCUT2D eigenvalue weighted by atomic mass is 19.1. The van der Waals surface area contributed by atoms with E-state index < -0.39 is 0 Å². The summed E-state index contributed by atoms with van der Waals surface area (Å²) < 4.78 is 19.9. The number of anilines is 1. The van der Waals surface area contributed by atoms with Gasteiger partial charge in [0, 0.05) is 17.5 Å². The average molecular weight is 417 g/mol. The summed E-state index contributed by atoms with van der Waals surface area (Å²) in [5.41, 5.74) is 0.912. The zero-order valence-electron chi connectivity index (χ0n) is 16.8. The first kappa shape index (κ1) is 19.4. The maximum Gasteiger partial charge on any atom is 0.228 e. The fourth-order valence-corrected chi connectivity index (χ4v) is 4.93. The molecule has 2 saturated carbocycles. The van der Waals surface area contributed by atoms with E-state index in [2.05, 4.69) is 20.5 Å². The minimum atomic E-state index is -0.313. The van der Waals surface area contributed by atoms with Crippen LogP contribution in [0.25, 0.3) is 10.9 Å². The van der Waals surface area contributed by atoms with Crippen LogP contribution in [-0.2, 0) is 4.79 Å². The quantitative estimate of drug-likeness (QED) is 0.679. The Balaban J connectivity index is 1.19. The molecule has 0 aliphatic heterocycles. The number of nitriles is 1. The number of benzene rings is 1. The second-order valence-electron chi connectivity index (χ2n) is 8.28. The molecule has 2 heterocycles. The third kappa shape index (κ3) is 3.67. The topological polar surface area (TPSA) is 101 Å². The number of fused-ring (bicyclic) bond motifs is 2. The third-order valence-corrected chi connectivity index (χ3v) is 6.45. The molecule has 0 saturated heterocycles. The molecule has 0 bridgehead atoms. The van der Waals surface area contributed by atoms with Gasteiger partial charge in [-0.15, -0.1) is 10.2 Å². The van der Waals surface area contributed by atoms with Crippen molar-refractivity contribution in [2.45, 2.75) is 25.9 Å². The zero-order valence-corrected chi connectivity index (χ0v) is 16.8. The molecule has 1 aromatic carbocycles. The van der Waals surface area contributed by atoms with Crippen molar-refractivity contribution in [3.8, 4) is 11.8 Å². The summed E-state index contributed by atoms with van der Waals surface area (Å²) >= 11 is 0. The van der Waals surface area contributed by atoms with Crippen LogP contribution in [0.3, 0.4) is 0 Å². The molecule has 0 radical (unpaired) electrons. The number of ether oxygens (including phenoxy) is 1. The molecule has 2 fully saturated rings. The van der Waals surface area contributed by atoms with Crippen LogP contribution >= 0.6 is 0 Å². The van der Waals surface area contributed by atoms with Crippen LogP contribution in [0.5, 0.6) is 5.75 Å². The summed E-state index contributed by atoms with van der Waals surface area (Å²) in [6, 6.07) is 11.3. The van der Waals surface area contributed by atoms with Crippen LogP contribution < -0.4 is 10.1 Å². The Bertz CT molecular complexity index is 1180. The first-order valence-corrected chi connectivity index (χ1v) is 10.3. The lowest BCUT2D eigenvalue weighted by Crippen LogP contribution is -2.26. The molecule has 1 amide bonds. The lowest BCUT2D eigenvalue weighted by molar-refractivity contribution is -0.120. The van der Waals surface area contributed by atoms with E-state index in [0.29, 0.717) is 40.2 Å². The predicted molar refractivity (Wildman–Crippen MR) is 110 cm³/mol. The van der Waals surface area contributed by atoms with Gasteiger partial charge in [0.2, 0.25) is 5.91 Å². The molecular formula is C23H20FN5O2. The minimum Gasteiger partial charge on any atom is -0.490 e. The second kappa shape index (κ2) is 7.58. The van der Waals surface area contributed by atoms with Gasteiger partial charge in [0.25, 0.3) is 0 Å². The van der Waals surface area contributed by atoms with Crippen molar-refractivity contribution in [1.82, 2.24) is 15.2 Å². The number of pyridine rings is 1. The molecular weight excluding hydrogens is 397 g/mol. The first-order valence-electron chi connectivity index (χ1n) is 10.3. The Kier molecular flexibility index (Phi) is 4.74. The average Bonchev–Trinajstić information content (AvgIpc) is 3.28. The Morgan fingerprint density at radius 3 is 2.74 bits per heavy atom. The van der Waals surface area contributed by atoms with E-state index in [1.54, 1.807) is 24.4 Å². The van der Waals surface area contributed by atoms with Gasteiger partial charge in [-0.2, -0.15) is 5.26 Å². The van der Waals surface area contributed by atoms with Gasteiger partial charge in [0.1, 0.15) is 17.6 Å². The first-order chi connectivity index (χ1) is 15.0. The zero-order chi connectivity index (χ0) is 21.5. The van der Waals surface area contributed by atoms with Gasteiger partial charge in [-0.05, 0) is 67.0 Å². The number of hydrogen-bond acceptors (Lipinski definition) is 6. The Morgan fingerprint density at radius 2 is 2.03 bits per heavy atom. The number of amides is 1. The maximum absolute atomic E-state index is 13.7. The van der Waals surface area contributed by atoms with Crippen molar-refractivity contribution in [3.05, 3.63) is 54.1 Å². The van der Waals surface area contributed by atoms with Crippen LogP contribution in [-0.4, -0.2) is 27.2 Å². The van der Waals surface area contributed by atoms with Crippen LogP contribution in [0.4, 0.5) is 10.2 Å². The lowest BCUT2D eigenvalue weighted by atomic mass is 9.97. The largest absolute Gasteiger partial charge is 0.490 e.